The molecule has 2 aromatic carbocycles. The third-order valence-electron chi connectivity index (χ3n) is 3.63. The van der Waals surface area contributed by atoms with Gasteiger partial charge in [0, 0.05) is 11.8 Å². The highest BCUT2D eigenvalue weighted by Gasteiger charge is 2.33. The molecule has 0 fully saturated rings. The lowest BCUT2D eigenvalue weighted by atomic mass is 10.1. The van der Waals surface area contributed by atoms with Gasteiger partial charge in [0.2, 0.25) is 5.91 Å². The molecule has 0 aromatic heterocycles. The first-order valence-corrected chi connectivity index (χ1v) is 7.69. The van der Waals surface area contributed by atoms with E-state index in [1.54, 1.807) is 12.1 Å². The molecular formula is C17H16F3N3O3. The number of hydrogen-bond acceptors (Lipinski definition) is 4. The fourth-order valence-corrected chi connectivity index (χ4v) is 2.33. The number of anilines is 2. The van der Waals surface area contributed by atoms with E-state index in [2.05, 4.69) is 10.6 Å². The predicted molar refractivity (Wildman–Crippen MR) is 91.0 cm³/mol. The monoisotopic (exact) mass is 367 g/mol. The van der Waals surface area contributed by atoms with E-state index >= 15 is 0 Å². The highest BCUT2D eigenvalue weighted by Crippen LogP contribution is 2.34. The van der Waals surface area contributed by atoms with E-state index in [0.717, 1.165) is 17.7 Å². The maximum absolute atomic E-state index is 12.7. The van der Waals surface area contributed by atoms with Crippen LogP contribution < -0.4 is 10.6 Å². The Morgan fingerprint density at radius 1 is 1.15 bits per heavy atom. The van der Waals surface area contributed by atoms with Crippen LogP contribution in [-0.2, 0) is 17.4 Å². The van der Waals surface area contributed by atoms with E-state index in [9.17, 15) is 28.1 Å². The third-order valence-corrected chi connectivity index (χ3v) is 3.63. The number of para-hydroxylation sites is 1. The number of nitro benzene ring substituents is 1. The van der Waals surface area contributed by atoms with Gasteiger partial charge in [0.05, 0.1) is 17.0 Å². The van der Waals surface area contributed by atoms with Crippen LogP contribution in [0.5, 0.6) is 0 Å². The fourth-order valence-electron chi connectivity index (χ4n) is 2.33. The maximum atomic E-state index is 12.7. The summed E-state index contributed by atoms with van der Waals surface area (Å²) in [7, 11) is 0. The molecule has 0 radical (unpaired) electrons. The molecular weight excluding hydrogens is 351 g/mol. The van der Waals surface area contributed by atoms with Crippen molar-refractivity contribution in [1.82, 2.24) is 0 Å². The molecule has 0 saturated carbocycles. The molecule has 138 valence electrons. The van der Waals surface area contributed by atoms with Crippen molar-refractivity contribution in [2.75, 3.05) is 17.2 Å². The molecule has 0 heterocycles. The maximum Gasteiger partial charge on any atom is 0.416 e. The summed E-state index contributed by atoms with van der Waals surface area (Å²) in [5, 5.41) is 16.2. The number of carbonyl (C=O) groups excluding carboxylic acids is 1. The van der Waals surface area contributed by atoms with Gasteiger partial charge in [-0.25, -0.2) is 0 Å². The zero-order valence-corrected chi connectivity index (χ0v) is 13.8. The van der Waals surface area contributed by atoms with Gasteiger partial charge < -0.3 is 10.6 Å². The molecule has 0 bridgehead atoms. The number of alkyl halides is 3. The van der Waals surface area contributed by atoms with Crippen molar-refractivity contribution in [3.05, 3.63) is 63.7 Å². The van der Waals surface area contributed by atoms with Crippen molar-refractivity contribution in [2.45, 2.75) is 19.5 Å². The topological polar surface area (TPSA) is 84.3 Å². The molecule has 26 heavy (non-hydrogen) atoms. The first-order valence-electron chi connectivity index (χ1n) is 7.69. The van der Waals surface area contributed by atoms with Crippen molar-refractivity contribution in [3.8, 4) is 0 Å². The molecule has 9 heteroatoms. The molecule has 0 saturated heterocycles. The van der Waals surface area contributed by atoms with Crippen molar-refractivity contribution in [3.63, 3.8) is 0 Å². The Kier molecular flexibility index (Phi) is 5.81. The second-order valence-electron chi connectivity index (χ2n) is 5.40. The number of aryl methyl sites for hydroxylation is 1. The second-order valence-corrected chi connectivity index (χ2v) is 5.40. The summed E-state index contributed by atoms with van der Waals surface area (Å²) in [6.07, 6.45) is -3.99. The number of hydrogen-bond donors (Lipinski definition) is 2. The van der Waals surface area contributed by atoms with E-state index < -0.39 is 28.3 Å². The van der Waals surface area contributed by atoms with Crippen LogP contribution in [0.25, 0.3) is 0 Å². The lowest BCUT2D eigenvalue weighted by Crippen LogP contribution is -2.22. The number of carbonyl (C=O) groups is 1. The fraction of sp³-hybridized carbons (Fsp3) is 0.235. The van der Waals surface area contributed by atoms with Crippen LogP contribution in [0.2, 0.25) is 0 Å². The van der Waals surface area contributed by atoms with Crippen LogP contribution in [0, 0.1) is 10.1 Å². The van der Waals surface area contributed by atoms with Crippen LogP contribution in [0.3, 0.4) is 0 Å². The van der Waals surface area contributed by atoms with Crippen LogP contribution in [-0.4, -0.2) is 17.4 Å². The Morgan fingerprint density at radius 3 is 2.46 bits per heavy atom. The summed E-state index contributed by atoms with van der Waals surface area (Å²) in [4.78, 5) is 22.1. The number of halogens is 3. The van der Waals surface area contributed by atoms with Crippen molar-refractivity contribution in [1.29, 1.82) is 0 Å². The molecule has 2 N–H and O–H groups in total. The summed E-state index contributed by atoms with van der Waals surface area (Å²) in [5.41, 5.74) is -0.510. The highest BCUT2D eigenvalue weighted by molar-refractivity contribution is 5.94. The SMILES string of the molecule is CCc1ccccc1NC(=O)CNc1ccc(C(F)(F)F)cc1[N+](=O)[O-]. The van der Waals surface area contributed by atoms with E-state index in [0.29, 0.717) is 18.2 Å². The molecule has 2 aromatic rings. The molecule has 6 nitrogen and oxygen atoms in total. The molecule has 2 rings (SSSR count). The first kappa shape index (κ1) is 19.2. The Bertz CT molecular complexity index is 822. The predicted octanol–water partition coefficient (Wildman–Crippen LogP) is 4.23. The molecule has 1 amide bonds. The molecule has 0 unspecified atom stereocenters. The van der Waals surface area contributed by atoms with Gasteiger partial charge in [0.15, 0.2) is 0 Å². The average Bonchev–Trinajstić information content (AvgIpc) is 2.59. The number of nitrogens with zero attached hydrogens (tertiary/aromatic N) is 1. The van der Waals surface area contributed by atoms with Crippen molar-refractivity contribution < 1.29 is 22.9 Å². The van der Waals surface area contributed by atoms with Gasteiger partial charge in [-0.05, 0) is 30.2 Å². The molecule has 0 aliphatic heterocycles. The number of rotatable bonds is 6. The minimum Gasteiger partial charge on any atom is -0.371 e. The van der Waals surface area contributed by atoms with Gasteiger partial charge in [0.25, 0.3) is 5.69 Å². The normalized spacial score (nSPS) is 11.1. The van der Waals surface area contributed by atoms with Gasteiger partial charge in [-0.3, -0.25) is 14.9 Å². The zero-order chi connectivity index (χ0) is 19.3. The van der Waals surface area contributed by atoms with Crippen LogP contribution in [0.15, 0.2) is 42.5 Å². The number of amides is 1. The van der Waals surface area contributed by atoms with Gasteiger partial charge in [-0.1, -0.05) is 25.1 Å². The zero-order valence-electron chi connectivity index (χ0n) is 13.8. The Balaban J connectivity index is 2.11. The van der Waals surface area contributed by atoms with E-state index in [1.807, 2.05) is 19.1 Å². The molecule has 0 atom stereocenters. The number of benzene rings is 2. The Morgan fingerprint density at radius 2 is 1.85 bits per heavy atom. The van der Waals surface area contributed by atoms with Crippen LogP contribution in [0.1, 0.15) is 18.1 Å². The third kappa shape index (κ3) is 4.71. The van der Waals surface area contributed by atoms with Gasteiger partial charge in [-0.15, -0.1) is 0 Å². The highest BCUT2D eigenvalue weighted by atomic mass is 19.4. The lowest BCUT2D eigenvalue weighted by Gasteiger charge is -2.12. The minimum absolute atomic E-state index is 0.165. The summed E-state index contributed by atoms with van der Waals surface area (Å²) >= 11 is 0. The lowest BCUT2D eigenvalue weighted by molar-refractivity contribution is -0.384. The summed E-state index contributed by atoms with van der Waals surface area (Å²) in [5.74, 6) is -0.472. The van der Waals surface area contributed by atoms with Crippen molar-refractivity contribution >= 4 is 23.0 Å². The Labute approximate surface area is 147 Å². The minimum atomic E-state index is -4.69. The molecule has 0 aliphatic carbocycles. The average molecular weight is 367 g/mol. The van der Waals surface area contributed by atoms with Crippen molar-refractivity contribution in [2.24, 2.45) is 0 Å². The second kappa shape index (κ2) is 7.85. The Hall–Kier alpha value is -3.10. The van der Waals surface area contributed by atoms with Gasteiger partial charge in [0.1, 0.15) is 5.69 Å². The number of nitrogens with one attached hydrogen (secondary N) is 2. The van der Waals surface area contributed by atoms with E-state index in [4.69, 9.17) is 0 Å². The first-order chi connectivity index (χ1) is 12.2. The summed E-state index contributed by atoms with van der Waals surface area (Å²) in [6.45, 7) is 1.60. The van der Waals surface area contributed by atoms with Gasteiger partial charge in [-0.2, -0.15) is 13.2 Å². The van der Waals surface area contributed by atoms with Crippen LogP contribution >= 0.6 is 0 Å². The standard InChI is InChI=1S/C17H16F3N3O3/c1-2-11-5-3-4-6-13(11)22-16(24)10-21-14-8-7-12(17(18,19)20)9-15(14)23(25)26/h3-9,21H,2,10H2,1H3,(H,22,24). The molecule has 0 spiro atoms. The van der Waals surface area contributed by atoms with E-state index in [-0.39, 0.29) is 12.2 Å². The molecule has 0 aliphatic rings. The van der Waals surface area contributed by atoms with Gasteiger partial charge >= 0.3 is 6.18 Å². The smallest absolute Gasteiger partial charge is 0.371 e. The van der Waals surface area contributed by atoms with E-state index in [1.165, 1.54) is 0 Å². The largest absolute Gasteiger partial charge is 0.416 e. The number of nitro groups is 1. The summed E-state index contributed by atoms with van der Waals surface area (Å²) < 4.78 is 38.1. The van der Waals surface area contributed by atoms with Crippen LogP contribution in [0.4, 0.5) is 30.2 Å². The summed E-state index contributed by atoms with van der Waals surface area (Å²) in [6, 6.07) is 9.25. The quantitative estimate of drug-likeness (QED) is 0.591.